The molecule has 0 saturated heterocycles. The van der Waals surface area contributed by atoms with Gasteiger partial charge in [-0.05, 0) is 0 Å². The fraction of sp³-hybridized carbons (Fsp3) is 0. The molecular formula is C4H3BrMg. The van der Waals surface area contributed by atoms with E-state index < -0.39 is 0 Å². The Bertz CT molecular complexity index is 53.1. The third kappa shape index (κ3) is 23.9. The molecule has 0 aliphatic rings. The van der Waals surface area contributed by atoms with E-state index in [1.54, 1.807) is 0 Å². The average molecular weight is 155 g/mol. The Morgan fingerprint density at radius 2 is 1.83 bits per heavy atom. The van der Waals surface area contributed by atoms with Gasteiger partial charge in [-0.3, -0.25) is 5.92 Å². The zero-order valence-corrected chi connectivity index (χ0v) is 6.37. The quantitative estimate of drug-likeness (QED) is 0.204. The number of rotatable bonds is 0. The molecule has 0 nitrogen and oxygen atoms in total. The standard InChI is InChI=1S/C4H3.BrH.Mg/c1-3-4-2;;/h3H,1H2;1H;/q-1;;+2/p-1. The van der Waals surface area contributed by atoms with E-state index in [0.717, 1.165) is 0 Å². The second-order valence-corrected chi connectivity index (χ2v) is 0.348. The van der Waals surface area contributed by atoms with Crippen molar-refractivity contribution in [2.45, 2.75) is 0 Å². The van der Waals surface area contributed by atoms with Gasteiger partial charge >= 0.3 is 23.1 Å². The summed E-state index contributed by atoms with van der Waals surface area (Å²) in [7, 11) is 0. The van der Waals surface area contributed by atoms with Gasteiger partial charge in [-0.15, -0.1) is 0 Å². The molecule has 0 bridgehead atoms. The number of hydrogen-bond donors (Lipinski definition) is 0. The molecule has 28 valence electrons. The van der Waals surface area contributed by atoms with Crippen molar-refractivity contribution in [3.8, 4) is 5.92 Å². The number of allylic oxidation sites excluding steroid dienone is 1. The molecule has 6 heavy (non-hydrogen) atoms. The molecule has 0 aromatic carbocycles. The fourth-order valence-corrected chi connectivity index (χ4v) is 0. The summed E-state index contributed by atoms with van der Waals surface area (Å²) in [6.45, 7) is 3.18. The minimum Gasteiger partial charge on any atom is -1.00 e. The summed E-state index contributed by atoms with van der Waals surface area (Å²) in [5.74, 6) is 1.94. The van der Waals surface area contributed by atoms with Gasteiger partial charge in [0.1, 0.15) is 0 Å². The Morgan fingerprint density at radius 3 is 1.83 bits per heavy atom. The summed E-state index contributed by atoms with van der Waals surface area (Å²) < 4.78 is 0. The van der Waals surface area contributed by atoms with Crippen molar-refractivity contribution in [2.75, 3.05) is 0 Å². The molecule has 0 unspecified atom stereocenters. The second kappa shape index (κ2) is 17.7. The molecule has 0 atom stereocenters. The Hall–Kier alpha value is 0.546. The molecule has 0 heterocycles. The van der Waals surface area contributed by atoms with E-state index in [2.05, 4.69) is 6.58 Å². The normalized spacial score (nSPS) is 2.50. The van der Waals surface area contributed by atoms with Gasteiger partial charge in [-0.25, -0.2) is 0 Å². The van der Waals surface area contributed by atoms with E-state index in [9.17, 15) is 0 Å². The van der Waals surface area contributed by atoms with E-state index in [4.69, 9.17) is 6.42 Å². The maximum Gasteiger partial charge on any atom is 2.00 e. The van der Waals surface area contributed by atoms with E-state index in [1.807, 2.05) is 5.92 Å². The third-order valence-electron chi connectivity index (χ3n) is 0.102. The minimum atomic E-state index is 0. The predicted octanol–water partition coefficient (Wildman–Crippen LogP) is -2.61. The van der Waals surface area contributed by atoms with Crippen molar-refractivity contribution in [1.29, 1.82) is 0 Å². The Morgan fingerprint density at radius 1 is 1.67 bits per heavy atom. The van der Waals surface area contributed by atoms with Crippen LogP contribution in [-0.4, -0.2) is 23.1 Å². The summed E-state index contributed by atoms with van der Waals surface area (Å²) in [5.41, 5.74) is 0. The number of hydrogen-bond acceptors (Lipinski definition) is 0. The van der Waals surface area contributed by atoms with E-state index in [1.165, 1.54) is 6.08 Å². The van der Waals surface area contributed by atoms with Crippen LogP contribution in [0.15, 0.2) is 12.7 Å². The molecule has 0 aromatic heterocycles. The molecule has 0 aliphatic heterocycles. The summed E-state index contributed by atoms with van der Waals surface area (Å²) >= 11 is 0. The van der Waals surface area contributed by atoms with Crippen LogP contribution >= 0.6 is 0 Å². The maximum atomic E-state index is 6.08. The molecule has 0 aromatic rings. The van der Waals surface area contributed by atoms with Gasteiger partial charge in [-0.2, -0.15) is 12.7 Å². The predicted molar refractivity (Wildman–Crippen MR) is 23.1 cm³/mol. The summed E-state index contributed by atoms with van der Waals surface area (Å²) in [4.78, 5) is 0. The zero-order chi connectivity index (χ0) is 3.41. The Labute approximate surface area is 64.9 Å². The first-order valence-electron chi connectivity index (χ1n) is 0.947. The van der Waals surface area contributed by atoms with Crippen molar-refractivity contribution < 1.29 is 17.0 Å². The molecular weight excluding hydrogens is 152 g/mol. The van der Waals surface area contributed by atoms with Crippen LogP contribution in [0.1, 0.15) is 0 Å². The summed E-state index contributed by atoms with van der Waals surface area (Å²) in [6.07, 6.45) is 7.38. The minimum absolute atomic E-state index is 0. The molecule has 0 saturated carbocycles. The molecule has 0 amide bonds. The van der Waals surface area contributed by atoms with Crippen molar-refractivity contribution in [2.24, 2.45) is 0 Å². The van der Waals surface area contributed by atoms with E-state index in [0.29, 0.717) is 0 Å². The smallest absolute Gasteiger partial charge is 1.00 e. The molecule has 0 fully saturated rings. The van der Waals surface area contributed by atoms with Gasteiger partial charge in [0.2, 0.25) is 0 Å². The molecule has 0 spiro atoms. The van der Waals surface area contributed by atoms with E-state index in [-0.39, 0.29) is 40.0 Å². The molecule has 0 aliphatic carbocycles. The van der Waals surface area contributed by atoms with Gasteiger partial charge in [0, 0.05) is 0 Å². The first kappa shape index (κ1) is 16.0. The topological polar surface area (TPSA) is 0 Å². The van der Waals surface area contributed by atoms with Gasteiger partial charge in [-0.1, -0.05) is 0 Å². The Kier molecular flexibility index (Phi) is 47.2. The second-order valence-electron chi connectivity index (χ2n) is 0.348. The van der Waals surface area contributed by atoms with Crippen LogP contribution in [0.5, 0.6) is 0 Å². The van der Waals surface area contributed by atoms with Gasteiger partial charge in [0.05, 0.1) is 0 Å². The van der Waals surface area contributed by atoms with Crippen LogP contribution in [0.3, 0.4) is 0 Å². The van der Waals surface area contributed by atoms with Crippen LogP contribution in [0, 0.1) is 12.3 Å². The van der Waals surface area contributed by atoms with Crippen LogP contribution in [0.4, 0.5) is 0 Å². The zero-order valence-electron chi connectivity index (χ0n) is 3.37. The third-order valence-corrected chi connectivity index (χ3v) is 0.102. The summed E-state index contributed by atoms with van der Waals surface area (Å²) in [6, 6.07) is 0. The van der Waals surface area contributed by atoms with Crippen molar-refractivity contribution in [3.05, 3.63) is 19.1 Å². The van der Waals surface area contributed by atoms with Crippen molar-refractivity contribution in [3.63, 3.8) is 0 Å². The first-order valence-corrected chi connectivity index (χ1v) is 0.947. The molecule has 0 N–H and O–H groups in total. The van der Waals surface area contributed by atoms with Crippen LogP contribution in [0.2, 0.25) is 0 Å². The maximum absolute atomic E-state index is 6.08. The van der Waals surface area contributed by atoms with Crippen LogP contribution in [-0.2, 0) is 0 Å². The Balaban J connectivity index is -0.0000000450. The average Bonchev–Trinajstić information content (AvgIpc) is 1.37. The van der Waals surface area contributed by atoms with Gasteiger partial charge in [0.25, 0.3) is 0 Å². The van der Waals surface area contributed by atoms with Crippen LogP contribution in [0.25, 0.3) is 0 Å². The first-order chi connectivity index (χ1) is 1.91. The summed E-state index contributed by atoms with van der Waals surface area (Å²) in [5, 5.41) is 0. The van der Waals surface area contributed by atoms with Crippen molar-refractivity contribution >= 4 is 23.1 Å². The SMILES string of the molecule is [Br-].[C-]#CC=C.[Mg+2]. The monoisotopic (exact) mass is 154 g/mol. The van der Waals surface area contributed by atoms with Gasteiger partial charge in [0.15, 0.2) is 0 Å². The van der Waals surface area contributed by atoms with E-state index >= 15 is 0 Å². The molecule has 2 heteroatoms. The van der Waals surface area contributed by atoms with Crippen LogP contribution < -0.4 is 17.0 Å². The van der Waals surface area contributed by atoms with Gasteiger partial charge < -0.3 is 23.4 Å². The molecule has 0 rings (SSSR count). The number of halogens is 1. The van der Waals surface area contributed by atoms with Crippen molar-refractivity contribution in [1.82, 2.24) is 0 Å². The molecule has 0 radical (unpaired) electrons. The largest absolute Gasteiger partial charge is 2.00 e. The fourth-order valence-electron chi connectivity index (χ4n) is 0.